The summed E-state index contributed by atoms with van der Waals surface area (Å²) in [7, 11) is 3.34. The Bertz CT molecular complexity index is 1030. The van der Waals surface area contributed by atoms with Crippen molar-refractivity contribution in [3.63, 3.8) is 0 Å². The molecule has 0 spiro atoms. The molecule has 0 aliphatic carbocycles. The van der Waals surface area contributed by atoms with Crippen LogP contribution in [0, 0.1) is 12.8 Å². The molecule has 29 heavy (non-hydrogen) atoms. The minimum atomic E-state index is -0.363. The van der Waals surface area contributed by atoms with Gasteiger partial charge in [-0.05, 0) is 43.0 Å². The lowest BCUT2D eigenvalue weighted by molar-refractivity contribution is -0.127. The highest BCUT2D eigenvalue weighted by atomic mass is 16.5. The van der Waals surface area contributed by atoms with Gasteiger partial charge in [-0.2, -0.15) is 0 Å². The van der Waals surface area contributed by atoms with Crippen LogP contribution >= 0.6 is 0 Å². The Labute approximate surface area is 169 Å². The molecule has 0 saturated carbocycles. The van der Waals surface area contributed by atoms with E-state index in [4.69, 9.17) is 4.74 Å². The van der Waals surface area contributed by atoms with Gasteiger partial charge >= 0.3 is 0 Å². The molecule has 2 aliphatic heterocycles. The Kier molecular flexibility index (Phi) is 4.90. The summed E-state index contributed by atoms with van der Waals surface area (Å²) < 4.78 is 6.83. The van der Waals surface area contributed by atoms with E-state index in [0.29, 0.717) is 42.4 Å². The Balaban J connectivity index is 1.69. The van der Waals surface area contributed by atoms with Crippen molar-refractivity contribution in [2.45, 2.75) is 25.8 Å². The van der Waals surface area contributed by atoms with Crippen LogP contribution in [0.3, 0.4) is 0 Å². The number of aryl methyl sites for hydroxylation is 1. The highest BCUT2D eigenvalue weighted by molar-refractivity contribution is 5.95. The number of piperidine rings is 1. The van der Waals surface area contributed by atoms with E-state index in [0.717, 1.165) is 6.42 Å². The van der Waals surface area contributed by atoms with E-state index in [1.54, 1.807) is 55.3 Å². The van der Waals surface area contributed by atoms with Crippen LogP contribution in [0.2, 0.25) is 0 Å². The van der Waals surface area contributed by atoms with Crippen LogP contribution in [-0.4, -0.2) is 59.5 Å². The number of likely N-dealkylation sites (tertiary alicyclic amines) is 2. The van der Waals surface area contributed by atoms with Crippen molar-refractivity contribution >= 4 is 11.8 Å². The molecule has 1 aromatic heterocycles. The maximum atomic E-state index is 13.3. The number of carbonyl (C=O) groups excluding carboxylic acids is 2. The van der Waals surface area contributed by atoms with Gasteiger partial charge in [-0.15, -0.1) is 0 Å². The Hall–Kier alpha value is -3.09. The van der Waals surface area contributed by atoms with Crippen molar-refractivity contribution in [2.24, 2.45) is 5.92 Å². The maximum Gasteiger partial charge on any atom is 0.268 e. The fraction of sp³-hybridized carbons (Fsp3) is 0.409. The first-order chi connectivity index (χ1) is 13.9. The van der Waals surface area contributed by atoms with Gasteiger partial charge in [0, 0.05) is 32.8 Å². The van der Waals surface area contributed by atoms with Gasteiger partial charge in [0.2, 0.25) is 5.91 Å². The van der Waals surface area contributed by atoms with E-state index in [1.807, 2.05) is 12.1 Å². The summed E-state index contributed by atoms with van der Waals surface area (Å²) in [6.07, 6.45) is 3.00. The average Bonchev–Trinajstić information content (AvgIpc) is 3.01. The number of methoxy groups -OCH3 is 1. The molecule has 2 aliphatic rings. The summed E-state index contributed by atoms with van der Waals surface area (Å²) in [5.74, 6) is 0.703. The van der Waals surface area contributed by atoms with Crippen molar-refractivity contribution < 1.29 is 14.3 Å². The number of rotatable bonds is 3. The predicted molar refractivity (Wildman–Crippen MR) is 109 cm³/mol. The molecule has 0 unspecified atom stereocenters. The third-order valence-electron chi connectivity index (χ3n) is 6.20. The number of para-hydroxylation sites is 2. The minimum Gasteiger partial charge on any atom is -0.495 e. The van der Waals surface area contributed by atoms with Crippen LogP contribution in [0.25, 0.3) is 5.69 Å². The number of hydrogen-bond donors (Lipinski definition) is 0. The van der Waals surface area contributed by atoms with E-state index < -0.39 is 0 Å². The van der Waals surface area contributed by atoms with Gasteiger partial charge in [-0.1, -0.05) is 12.1 Å². The zero-order valence-electron chi connectivity index (χ0n) is 16.9. The van der Waals surface area contributed by atoms with Crippen molar-refractivity contribution in [2.75, 3.05) is 27.2 Å². The molecule has 2 saturated heterocycles. The summed E-state index contributed by atoms with van der Waals surface area (Å²) in [6.45, 7) is 2.80. The summed E-state index contributed by atoms with van der Waals surface area (Å²) >= 11 is 0. The molecule has 3 heterocycles. The molecule has 0 bridgehead atoms. The Morgan fingerprint density at radius 3 is 2.69 bits per heavy atom. The summed E-state index contributed by atoms with van der Waals surface area (Å²) in [5.41, 5.74) is 1.04. The molecule has 0 radical (unpaired) electrons. The van der Waals surface area contributed by atoms with Crippen molar-refractivity contribution in [3.05, 3.63) is 58.0 Å². The topological polar surface area (TPSA) is 71.8 Å². The summed E-state index contributed by atoms with van der Waals surface area (Å²) in [6, 6.07) is 9.02. The highest BCUT2D eigenvalue weighted by Crippen LogP contribution is 2.32. The number of likely N-dealkylation sites (N-methyl/N-ethyl adjacent to an activating group) is 1. The van der Waals surface area contributed by atoms with Crippen molar-refractivity contribution in [1.29, 1.82) is 0 Å². The molecule has 2 aromatic rings. The van der Waals surface area contributed by atoms with Gasteiger partial charge in [-0.25, -0.2) is 0 Å². The standard InChI is InChI=1S/C22H25N3O4/c1-14-8-11-25(16-6-4-5-7-18(16)29-3)22(28)20(14)21(27)24-10-9-15-12-19(26)23(2)17(15)13-24/h4-8,11,15,17H,9-10,12-13H2,1-3H3/t15-,17-/m1/s1. The van der Waals surface area contributed by atoms with E-state index in [9.17, 15) is 14.4 Å². The van der Waals surface area contributed by atoms with Gasteiger partial charge in [0.1, 0.15) is 11.3 Å². The first-order valence-electron chi connectivity index (χ1n) is 9.83. The number of pyridine rings is 1. The third kappa shape index (κ3) is 3.20. The van der Waals surface area contributed by atoms with Crippen molar-refractivity contribution in [3.8, 4) is 11.4 Å². The van der Waals surface area contributed by atoms with Crippen LogP contribution in [0.1, 0.15) is 28.8 Å². The SMILES string of the molecule is COc1ccccc1-n1ccc(C)c(C(=O)N2CC[C@@H]3CC(=O)N(C)[C@@H]3C2)c1=O. The van der Waals surface area contributed by atoms with Gasteiger partial charge in [0.25, 0.3) is 11.5 Å². The van der Waals surface area contributed by atoms with Crippen LogP contribution in [0.15, 0.2) is 41.3 Å². The van der Waals surface area contributed by atoms with Gasteiger partial charge < -0.3 is 14.5 Å². The zero-order valence-corrected chi connectivity index (χ0v) is 16.9. The first kappa shape index (κ1) is 19.2. The lowest BCUT2D eigenvalue weighted by atomic mass is 9.91. The lowest BCUT2D eigenvalue weighted by Crippen LogP contribution is -2.50. The molecule has 7 heteroatoms. The predicted octanol–water partition coefficient (Wildman–Crippen LogP) is 1.85. The third-order valence-corrected chi connectivity index (χ3v) is 6.20. The number of aromatic nitrogens is 1. The van der Waals surface area contributed by atoms with E-state index in [2.05, 4.69) is 0 Å². The summed E-state index contributed by atoms with van der Waals surface area (Å²) in [4.78, 5) is 42.1. The van der Waals surface area contributed by atoms with Gasteiger partial charge in [-0.3, -0.25) is 19.0 Å². The second-order valence-corrected chi connectivity index (χ2v) is 7.80. The normalized spacial score (nSPS) is 21.3. The van der Waals surface area contributed by atoms with E-state index >= 15 is 0 Å². The van der Waals surface area contributed by atoms with Crippen LogP contribution in [0.5, 0.6) is 5.75 Å². The number of carbonyl (C=O) groups is 2. The summed E-state index contributed by atoms with van der Waals surface area (Å²) in [5, 5.41) is 0. The number of nitrogens with zero attached hydrogens (tertiary/aromatic N) is 3. The number of amides is 2. The smallest absolute Gasteiger partial charge is 0.268 e. The second-order valence-electron chi connectivity index (χ2n) is 7.80. The molecule has 0 N–H and O–H groups in total. The maximum absolute atomic E-state index is 13.3. The molecule has 2 atom stereocenters. The fourth-order valence-electron chi connectivity index (χ4n) is 4.46. The first-order valence-corrected chi connectivity index (χ1v) is 9.83. The fourth-order valence-corrected chi connectivity index (χ4v) is 4.46. The van der Waals surface area contributed by atoms with Crippen LogP contribution in [-0.2, 0) is 4.79 Å². The number of hydrogen-bond acceptors (Lipinski definition) is 4. The monoisotopic (exact) mass is 395 g/mol. The highest BCUT2D eigenvalue weighted by Gasteiger charge is 2.42. The molecule has 152 valence electrons. The average molecular weight is 395 g/mol. The lowest BCUT2D eigenvalue weighted by Gasteiger charge is -2.37. The van der Waals surface area contributed by atoms with Crippen molar-refractivity contribution in [1.82, 2.24) is 14.4 Å². The molecule has 1 aromatic carbocycles. The Morgan fingerprint density at radius 2 is 1.93 bits per heavy atom. The van der Waals surface area contributed by atoms with E-state index in [1.165, 1.54) is 4.57 Å². The van der Waals surface area contributed by atoms with E-state index in [-0.39, 0.29) is 29.0 Å². The molecule has 2 fully saturated rings. The van der Waals surface area contributed by atoms with Crippen LogP contribution < -0.4 is 10.3 Å². The quantitative estimate of drug-likeness (QED) is 0.795. The number of ether oxygens (including phenoxy) is 1. The number of fused-ring (bicyclic) bond motifs is 1. The molecule has 7 nitrogen and oxygen atoms in total. The molecular formula is C22H25N3O4. The molecular weight excluding hydrogens is 370 g/mol. The minimum absolute atomic E-state index is 0.0284. The number of benzene rings is 1. The second kappa shape index (κ2) is 7.39. The van der Waals surface area contributed by atoms with Gasteiger partial charge in [0.15, 0.2) is 0 Å². The zero-order chi connectivity index (χ0) is 20.7. The molecule has 4 rings (SSSR count). The largest absolute Gasteiger partial charge is 0.495 e. The van der Waals surface area contributed by atoms with Gasteiger partial charge in [0.05, 0.1) is 18.8 Å². The Morgan fingerprint density at radius 1 is 1.17 bits per heavy atom. The molecule has 2 amide bonds. The van der Waals surface area contributed by atoms with Crippen LogP contribution in [0.4, 0.5) is 0 Å².